The van der Waals surface area contributed by atoms with E-state index in [2.05, 4.69) is 46.2 Å². The minimum atomic E-state index is -1.21. The van der Waals surface area contributed by atoms with Crippen molar-refractivity contribution >= 4 is 109 Å². The fourth-order valence-corrected chi connectivity index (χ4v) is 9.97. The average Bonchev–Trinajstić information content (AvgIpc) is 4.39. The molecule has 0 saturated carbocycles. The summed E-state index contributed by atoms with van der Waals surface area (Å²) in [5, 5.41) is 14.8. The fourth-order valence-electron chi connectivity index (χ4n) is 7.44. The van der Waals surface area contributed by atoms with Gasteiger partial charge in [0.05, 0.1) is 72.0 Å². The molecule has 0 radical (unpaired) electrons. The van der Waals surface area contributed by atoms with Crippen LogP contribution in [0.5, 0.6) is 5.75 Å². The number of anilines is 2. The van der Waals surface area contributed by atoms with Gasteiger partial charge in [-0.3, -0.25) is 38.1 Å². The van der Waals surface area contributed by atoms with E-state index >= 15 is 4.39 Å². The molecule has 0 amide bonds. The van der Waals surface area contributed by atoms with Gasteiger partial charge in [0, 0.05) is 37.5 Å². The number of esters is 2. The van der Waals surface area contributed by atoms with Gasteiger partial charge in [-0.25, -0.2) is 9.18 Å². The van der Waals surface area contributed by atoms with Gasteiger partial charge in [-0.2, -0.15) is 19.6 Å². The van der Waals surface area contributed by atoms with E-state index in [-0.39, 0.29) is 52.2 Å². The third kappa shape index (κ3) is 13.3. The molecule has 0 atom stereocenters. The molecule has 2 N–H and O–H groups in total. The number of hydrogen-bond acceptors (Lipinski definition) is 17. The Bertz CT molecular complexity index is 3730. The van der Waals surface area contributed by atoms with E-state index in [1.807, 2.05) is 6.07 Å². The summed E-state index contributed by atoms with van der Waals surface area (Å²) in [7, 11) is 3.63. The number of methoxy groups -OCH3 is 3. The summed E-state index contributed by atoms with van der Waals surface area (Å²) in [5.41, 5.74) is -2.51. The van der Waals surface area contributed by atoms with Crippen LogP contribution in [-0.2, 0) is 45.2 Å². The van der Waals surface area contributed by atoms with Crippen molar-refractivity contribution in [1.29, 1.82) is 0 Å². The van der Waals surface area contributed by atoms with Crippen LogP contribution in [-0.4, -0.2) is 85.3 Å². The van der Waals surface area contributed by atoms with Gasteiger partial charge >= 0.3 is 11.9 Å². The van der Waals surface area contributed by atoms with Crippen molar-refractivity contribution in [2.24, 2.45) is 5.41 Å². The standard InChI is InChI=1S/C29H27ClN4O6S.C24H19BrClFN4O5S/c1-29(2,3)28(39)34-24(31-15-18-10-13-23(30)41-18)14-20(32-34)21-12-11-19(25(36)27(38)40-4)26(37)33(21)16-22(35)17-8-6-5-7-9-17;1-35-17-6-4-3-5-15(17)24(34)31-22(28-10-14-7-8-18(26)37-14)20(27)21(29-31)16-9-13(25)11-30(23(16)33)12-19(32)36-2/h5-14,31H,15-16H2,1-4H3;3-9,11,28H,10,12H2,1-2H3. The van der Waals surface area contributed by atoms with E-state index in [0.717, 1.165) is 30.7 Å². The lowest BCUT2D eigenvalue weighted by atomic mass is 9.96. The summed E-state index contributed by atoms with van der Waals surface area (Å²) in [4.78, 5) is 105. The van der Waals surface area contributed by atoms with Crippen LogP contribution in [0.2, 0.25) is 8.67 Å². The van der Waals surface area contributed by atoms with Crippen molar-refractivity contribution in [3.8, 4) is 28.4 Å². The number of rotatable bonds is 17. The van der Waals surface area contributed by atoms with Crippen LogP contribution in [0.25, 0.3) is 22.6 Å². The lowest BCUT2D eigenvalue weighted by Crippen LogP contribution is -2.33. The molecule has 19 nitrogen and oxygen atoms in total. The number of Topliss-reactive ketones (excluding diaryl/α,β-unsaturated/α-hetero) is 2. The molecule has 0 aliphatic heterocycles. The monoisotopic (exact) mass is 1200 g/mol. The SMILES string of the molecule is COC(=O)C(=O)c1ccc(-c2cc(NCc3ccc(Cl)s3)n(C(=O)C(C)(C)C)n2)n(CC(=O)c2ccccc2)c1=O.COC(=O)Cn1cc(Br)cc(-c2nn(C(=O)c3ccccc3OC)c(NCc3ccc(Cl)s3)c2F)c1=O. The van der Waals surface area contributed by atoms with Gasteiger partial charge in [0.2, 0.25) is 0 Å². The molecule has 78 heavy (non-hydrogen) atoms. The van der Waals surface area contributed by atoms with E-state index in [1.165, 1.54) is 72.0 Å². The molecule has 0 saturated heterocycles. The molecule has 25 heteroatoms. The predicted octanol–water partition coefficient (Wildman–Crippen LogP) is 9.77. The third-order valence-corrected chi connectivity index (χ3v) is 14.2. The second-order valence-corrected chi connectivity index (χ2v) is 22.2. The summed E-state index contributed by atoms with van der Waals surface area (Å²) in [5.74, 6) is -4.99. The number of para-hydroxylation sites is 1. The molecule has 8 aromatic rings. The number of benzene rings is 2. The molecule has 0 aliphatic carbocycles. The largest absolute Gasteiger partial charge is 0.496 e. The lowest BCUT2D eigenvalue weighted by molar-refractivity contribution is -0.141. The molecular weight excluding hydrogens is 1160 g/mol. The fraction of sp³-hybridized carbons (Fsp3) is 0.208. The van der Waals surface area contributed by atoms with Crippen molar-refractivity contribution in [2.75, 3.05) is 32.0 Å². The van der Waals surface area contributed by atoms with Crippen LogP contribution in [0.3, 0.4) is 0 Å². The van der Waals surface area contributed by atoms with E-state index in [4.69, 9.17) is 27.9 Å². The van der Waals surface area contributed by atoms with Crippen molar-refractivity contribution in [1.82, 2.24) is 28.7 Å². The Labute approximate surface area is 470 Å². The van der Waals surface area contributed by atoms with E-state index in [1.54, 1.807) is 93.6 Å². The Kier molecular flexibility index (Phi) is 18.6. The number of nitrogens with one attached hydrogen (secondary N) is 2. The number of carbonyl (C=O) groups is 6. The normalized spacial score (nSPS) is 11.1. The highest BCUT2D eigenvalue weighted by atomic mass is 79.9. The Balaban J connectivity index is 0.000000227. The predicted molar refractivity (Wildman–Crippen MR) is 297 cm³/mol. The molecule has 8 rings (SSSR count). The third-order valence-electron chi connectivity index (χ3n) is 11.3. The molecule has 0 aliphatic rings. The first-order chi connectivity index (χ1) is 37.1. The zero-order chi connectivity index (χ0) is 56.6. The summed E-state index contributed by atoms with van der Waals surface area (Å²) in [6, 6.07) is 27.4. The summed E-state index contributed by atoms with van der Waals surface area (Å²) < 4.78 is 36.1. The Morgan fingerprint density at radius 3 is 1.97 bits per heavy atom. The number of ketones is 2. The molecule has 0 bridgehead atoms. The Morgan fingerprint density at radius 2 is 1.37 bits per heavy atom. The van der Waals surface area contributed by atoms with E-state index < -0.39 is 70.4 Å². The number of nitrogens with zero attached hydrogens (tertiary/aromatic N) is 6. The number of aromatic nitrogens is 6. The molecule has 0 fully saturated rings. The van der Waals surface area contributed by atoms with Crippen molar-refractivity contribution in [3.05, 3.63) is 175 Å². The van der Waals surface area contributed by atoms with Crippen LogP contribution in [0.1, 0.15) is 66.4 Å². The topological polar surface area (TPSA) is 234 Å². The maximum absolute atomic E-state index is 15.9. The Morgan fingerprint density at radius 1 is 0.731 bits per heavy atom. The van der Waals surface area contributed by atoms with Gasteiger partial charge in [-0.05, 0) is 70.5 Å². The average molecular weight is 1200 g/mol. The molecule has 6 heterocycles. The first-order valence-electron chi connectivity index (χ1n) is 23.1. The highest BCUT2D eigenvalue weighted by Crippen LogP contribution is 2.32. The van der Waals surface area contributed by atoms with Gasteiger partial charge in [0.25, 0.3) is 28.7 Å². The van der Waals surface area contributed by atoms with Crippen molar-refractivity contribution in [2.45, 2.75) is 47.0 Å². The smallest absolute Gasteiger partial charge is 0.379 e. The number of halogens is 4. The van der Waals surface area contributed by atoms with Gasteiger partial charge < -0.3 is 29.4 Å². The number of thiophene rings is 2. The highest BCUT2D eigenvalue weighted by molar-refractivity contribution is 9.10. The number of ether oxygens (including phenoxy) is 3. The first-order valence-corrected chi connectivity index (χ1v) is 26.3. The second kappa shape index (κ2) is 25.1. The molecule has 0 unspecified atom stereocenters. The van der Waals surface area contributed by atoms with Crippen molar-refractivity contribution in [3.63, 3.8) is 0 Å². The number of pyridine rings is 2. The van der Waals surface area contributed by atoms with E-state index in [9.17, 15) is 38.4 Å². The minimum absolute atomic E-state index is 0.138. The van der Waals surface area contributed by atoms with Crippen LogP contribution >= 0.6 is 61.8 Å². The first kappa shape index (κ1) is 57.9. The van der Waals surface area contributed by atoms with Crippen LogP contribution in [0, 0.1) is 11.2 Å². The van der Waals surface area contributed by atoms with Crippen LogP contribution in [0.15, 0.2) is 123 Å². The maximum Gasteiger partial charge on any atom is 0.379 e. The van der Waals surface area contributed by atoms with E-state index in [0.29, 0.717) is 31.1 Å². The quantitative estimate of drug-likeness (QED) is 0.0490. The number of carbonyl (C=O) groups excluding carboxylic acids is 6. The van der Waals surface area contributed by atoms with Crippen LogP contribution in [0.4, 0.5) is 16.0 Å². The zero-order valence-corrected chi connectivity index (χ0v) is 47.0. The second-order valence-electron chi connectivity index (χ2n) is 17.6. The molecule has 0 spiro atoms. The number of hydrogen-bond donors (Lipinski definition) is 2. The molecule has 404 valence electrons. The summed E-state index contributed by atoms with van der Waals surface area (Å²) in [6.07, 6.45) is 1.37. The molecular formula is C53H46BrCl2FN8O11S2. The highest BCUT2D eigenvalue weighted by Gasteiger charge is 2.31. The molecule has 2 aromatic carbocycles. The van der Waals surface area contributed by atoms with Gasteiger partial charge in [-0.1, -0.05) is 86.4 Å². The minimum Gasteiger partial charge on any atom is -0.496 e. The summed E-state index contributed by atoms with van der Waals surface area (Å²) in [6.45, 7) is 4.91. The maximum atomic E-state index is 15.9. The zero-order valence-electron chi connectivity index (χ0n) is 42.2. The molecule has 6 aromatic heterocycles. The summed E-state index contributed by atoms with van der Waals surface area (Å²) >= 11 is 18.0. The van der Waals surface area contributed by atoms with Crippen molar-refractivity contribution < 1.29 is 47.4 Å². The van der Waals surface area contributed by atoms with Crippen LogP contribution < -0.4 is 26.5 Å². The Hall–Kier alpha value is -7.83. The van der Waals surface area contributed by atoms with Gasteiger partial charge in [0.15, 0.2) is 17.4 Å². The van der Waals surface area contributed by atoms with Gasteiger partial charge in [0.1, 0.15) is 29.5 Å². The van der Waals surface area contributed by atoms with Gasteiger partial charge in [-0.15, -0.1) is 22.7 Å². The lowest BCUT2D eigenvalue weighted by Gasteiger charge is -2.18.